The molecular weight excluding hydrogens is 300 g/mol. The molecule has 2 aromatic rings. The van der Waals surface area contributed by atoms with Gasteiger partial charge in [0.2, 0.25) is 0 Å². The maximum absolute atomic E-state index is 12.0. The zero-order valence-corrected chi connectivity index (χ0v) is 12.1. The van der Waals surface area contributed by atoms with E-state index in [0.717, 1.165) is 11.3 Å². The van der Waals surface area contributed by atoms with Gasteiger partial charge in [-0.2, -0.15) is 0 Å². The van der Waals surface area contributed by atoms with Crippen LogP contribution in [0.2, 0.25) is 5.02 Å². The molecule has 0 fully saturated rings. The number of nitrogens with one attached hydrogen (secondary N) is 1. The number of halogens is 1. The first kappa shape index (κ1) is 14.5. The number of carbonyl (C=O) groups is 2. The number of aromatic nitrogens is 1. The molecule has 0 unspecified atom stereocenters. The van der Waals surface area contributed by atoms with Crippen LogP contribution in [0.4, 0.5) is 5.13 Å². The van der Waals surface area contributed by atoms with Crippen molar-refractivity contribution in [3.05, 3.63) is 45.4 Å². The van der Waals surface area contributed by atoms with Crippen molar-refractivity contribution >= 4 is 39.9 Å². The van der Waals surface area contributed by atoms with E-state index in [0.29, 0.717) is 26.3 Å². The molecule has 2 N–H and O–H groups in total. The first-order valence-corrected chi connectivity index (χ1v) is 6.91. The molecule has 0 aliphatic carbocycles. The zero-order valence-electron chi connectivity index (χ0n) is 10.5. The van der Waals surface area contributed by atoms with Crippen LogP contribution < -0.4 is 5.32 Å². The van der Waals surface area contributed by atoms with Crippen molar-refractivity contribution in [2.45, 2.75) is 13.3 Å². The summed E-state index contributed by atoms with van der Waals surface area (Å²) < 4.78 is 0. The van der Waals surface area contributed by atoms with Crippen LogP contribution in [0.1, 0.15) is 20.9 Å². The number of rotatable bonds is 4. The number of hydrogen-bond donors (Lipinski definition) is 2. The summed E-state index contributed by atoms with van der Waals surface area (Å²) in [5, 5.41) is 12.1. The Morgan fingerprint density at radius 1 is 1.40 bits per heavy atom. The molecule has 1 aromatic carbocycles. The Morgan fingerprint density at radius 3 is 2.75 bits per heavy atom. The largest absolute Gasteiger partial charge is 0.481 e. The van der Waals surface area contributed by atoms with E-state index >= 15 is 0 Å². The Labute approximate surface area is 124 Å². The average molecular weight is 311 g/mol. The third-order valence-corrected chi connectivity index (χ3v) is 3.95. The van der Waals surface area contributed by atoms with Crippen molar-refractivity contribution < 1.29 is 14.7 Å². The fourth-order valence-corrected chi connectivity index (χ4v) is 2.76. The summed E-state index contributed by atoms with van der Waals surface area (Å²) in [6, 6.07) is 6.68. The van der Waals surface area contributed by atoms with E-state index in [4.69, 9.17) is 16.7 Å². The summed E-state index contributed by atoms with van der Waals surface area (Å²) >= 11 is 7.08. The van der Waals surface area contributed by atoms with Crippen molar-refractivity contribution in [2.75, 3.05) is 5.32 Å². The van der Waals surface area contributed by atoms with Gasteiger partial charge >= 0.3 is 5.97 Å². The molecule has 0 bridgehead atoms. The Kier molecular flexibility index (Phi) is 4.36. The molecule has 1 heterocycles. The molecule has 7 heteroatoms. The first-order chi connectivity index (χ1) is 9.47. The Bertz CT molecular complexity index is 669. The number of thiazole rings is 1. The highest BCUT2D eigenvalue weighted by molar-refractivity contribution is 7.16. The predicted octanol–water partition coefficient (Wildman–Crippen LogP) is 2.98. The molecule has 104 valence electrons. The molecule has 0 aliphatic heterocycles. The number of benzene rings is 1. The minimum atomic E-state index is -0.930. The van der Waals surface area contributed by atoms with Gasteiger partial charge in [0.25, 0.3) is 5.91 Å². The SMILES string of the molecule is Cc1nc(NC(=O)c2ccccc2Cl)sc1CC(=O)O. The van der Waals surface area contributed by atoms with Crippen LogP contribution >= 0.6 is 22.9 Å². The van der Waals surface area contributed by atoms with Crippen molar-refractivity contribution in [3.8, 4) is 0 Å². The van der Waals surface area contributed by atoms with Crippen LogP contribution in [0.3, 0.4) is 0 Å². The molecule has 0 atom stereocenters. The normalized spacial score (nSPS) is 10.3. The highest BCUT2D eigenvalue weighted by Gasteiger charge is 2.15. The maximum Gasteiger partial charge on any atom is 0.308 e. The molecule has 0 saturated carbocycles. The lowest BCUT2D eigenvalue weighted by atomic mass is 10.2. The van der Waals surface area contributed by atoms with Gasteiger partial charge in [0.05, 0.1) is 22.7 Å². The molecule has 0 aliphatic rings. The maximum atomic E-state index is 12.0. The molecular formula is C13H11ClN2O3S. The summed E-state index contributed by atoms with van der Waals surface area (Å²) in [5.41, 5.74) is 0.952. The highest BCUT2D eigenvalue weighted by atomic mass is 35.5. The zero-order chi connectivity index (χ0) is 14.7. The van der Waals surface area contributed by atoms with Gasteiger partial charge in [-0.1, -0.05) is 23.7 Å². The molecule has 1 aromatic heterocycles. The summed E-state index contributed by atoms with van der Waals surface area (Å²) in [4.78, 5) is 27.5. The smallest absolute Gasteiger partial charge is 0.308 e. The number of carboxylic acids is 1. The van der Waals surface area contributed by atoms with Crippen molar-refractivity contribution in [2.24, 2.45) is 0 Å². The number of amides is 1. The van der Waals surface area contributed by atoms with Gasteiger partial charge < -0.3 is 5.11 Å². The number of carbonyl (C=O) groups excluding carboxylic acids is 1. The highest BCUT2D eigenvalue weighted by Crippen LogP contribution is 2.24. The number of aliphatic carboxylic acids is 1. The average Bonchev–Trinajstić information content (AvgIpc) is 2.69. The Balaban J connectivity index is 2.16. The van der Waals surface area contributed by atoms with Crippen molar-refractivity contribution in [1.29, 1.82) is 0 Å². The van der Waals surface area contributed by atoms with Crippen LogP contribution in [0, 0.1) is 6.92 Å². The monoisotopic (exact) mass is 310 g/mol. The molecule has 0 radical (unpaired) electrons. The van der Waals surface area contributed by atoms with E-state index in [1.54, 1.807) is 31.2 Å². The van der Waals surface area contributed by atoms with Gasteiger partial charge in [0, 0.05) is 4.88 Å². The quantitative estimate of drug-likeness (QED) is 0.910. The van der Waals surface area contributed by atoms with E-state index in [1.807, 2.05) is 0 Å². The van der Waals surface area contributed by atoms with E-state index < -0.39 is 5.97 Å². The van der Waals surface area contributed by atoms with Crippen molar-refractivity contribution in [1.82, 2.24) is 4.98 Å². The van der Waals surface area contributed by atoms with Gasteiger partial charge in [-0.05, 0) is 19.1 Å². The van der Waals surface area contributed by atoms with E-state index in [9.17, 15) is 9.59 Å². The fourth-order valence-electron chi connectivity index (χ4n) is 1.59. The van der Waals surface area contributed by atoms with Gasteiger partial charge in [-0.15, -0.1) is 11.3 Å². The first-order valence-electron chi connectivity index (χ1n) is 5.71. The van der Waals surface area contributed by atoms with Gasteiger partial charge in [-0.25, -0.2) is 4.98 Å². The molecule has 0 spiro atoms. The van der Waals surface area contributed by atoms with Gasteiger partial charge in [-0.3, -0.25) is 14.9 Å². The fraction of sp³-hybridized carbons (Fsp3) is 0.154. The van der Waals surface area contributed by atoms with Crippen LogP contribution in [0.15, 0.2) is 24.3 Å². The van der Waals surface area contributed by atoms with Crippen LogP contribution in [0.25, 0.3) is 0 Å². The number of carboxylic acid groups (broad SMARTS) is 1. The molecule has 0 saturated heterocycles. The summed E-state index contributed by atoms with van der Waals surface area (Å²) in [7, 11) is 0. The van der Waals surface area contributed by atoms with Crippen LogP contribution in [-0.2, 0) is 11.2 Å². The minimum Gasteiger partial charge on any atom is -0.481 e. The predicted molar refractivity (Wildman–Crippen MR) is 77.6 cm³/mol. The van der Waals surface area contributed by atoms with Crippen molar-refractivity contribution in [3.63, 3.8) is 0 Å². The Hall–Kier alpha value is -1.92. The van der Waals surface area contributed by atoms with Crippen LogP contribution in [0.5, 0.6) is 0 Å². The summed E-state index contributed by atoms with van der Waals surface area (Å²) in [5.74, 6) is -1.30. The van der Waals surface area contributed by atoms with E-state index in [-0.39, 0.29) is 12.3 Å². The summed E-state index contributed by atoms with van der Waals surface area (Å²) in [6.07, 6.45) is -0.106. The lowest BCUT2D eigenvalue weighted by molar-refractivity contribution is -0.136. The van der Waals surface area contributed by atoms with E-state index in [1.165, 1.54) is 0 Å². The molecule has 1 amide bonds. The van der Waals surface area contributed by atoms with Gasteiger partial charge in [0.15, 0.2) is 5.13 Å². The standard InChI is InChI=1S/C13H11ClN2O3S/c1-7-10(6-11(17)18)20-13(15-7)16-12(19)8-4-2-3-5-9(8)14/h2-5H,6H2,1H3,(H,17,18)(H,15,16,19). The number of anilines is 1. The summed E-state index contributed by atoms with van der Waals surface area (Å²) in [6.45, 7) is 1.71. The number of hydrogen-bond acceptors (Lipinski definition) is 4. The third kappa shape index (κ3) is 3.34. The number of aryl methyl sites for hydroxylation is 1. The number of nitrogens with zero attached hydrogens (tertiary/aromatic N) is 1. The molecule has 20 heavy (non-hydrogen) atoms. The van der Waals surface area contributed by atoms with E-state index in [2.05, 4.69) is 10.3 Å². The topological polar surface area (TPSA) is 79.3 Å². The second-order valence-electron chi connectivity index (χ2n) is 4.03. The lowest BCUT2D eigenvalue weighted by Crippen LogP contribution is -2.12. The van der Waals surface area contributed by atoms with Gasteiger partial charge in [0.1, 0.15) is 0 Å². The molecule has 5 nitrogen and oxygen atoms in total. The Morgan fingerprint density at radius 2 is 2.10 bits per heavy atom. The lowest BCUT2D eigenvalue weighted by Gasteiger charge is -2.03. The molecule has 2 rings (SSSR count). The van der Waals surface area contributed by atoms with Crippen LogP contribution in [-0.4, -0.2) is 22.0 Å². The second-order valence-corrected chi connectivity index (χ2v) is 5.52. The minimum absolute atomic E-state index is 0.106. The third-order valence-electron chi connectivity index (χ3n) is 2.54. The second kappa shape index (κ2) is 6.02.